The smallest absolute Gasteiger partial charge is 0.410 e. The van der Waals surface area contributed by atoms with E-state index in [9.17, 15) is 19.3 Å². The number of rotatable bonds is 2. The fourth-order valence-electron chi connectivity index (χ4n) is 4.21. The number of carbonyl (C=O) groups is 1. The van der Waals surface area contributed by atoms with Crippen molar-refractivity contribution in [2.24, 2.45) is 7.05 Å². The van der Waals surface area contributed by atoms with Crippen LogP contribution in [0.25, 0.3) is 10.9 Å². The van der Waals surface area contributed by atoms with Crippen LogP contribution in [0.1, 0.15) is 27.2 Å². The van der Waals surface area contributed by atoms with Gasteiger partial charge in [0.15, 0.2) is 5.82 Å². The minimum Gasteiger partial charge on any atom is -0.444 e. The normalized spacial score (nSPS) is 21.6. The zero-order valence-corrected chi connectivity index (χ0v) is 16.2. The van der Waals surface area contributed by atoms with Crippen molar-refractivity contribution in [3.8, 4) is 0 Å². The van der Waals surface area contributed by atoms with Gasteiger partial charge in [-0.1, -0.05) is 0 Å². The molecule has 1 aromatic carbocycles. The molecule has 0 saturated carbocycles. The quantitative estimate of drug-likeness (QED) is 0.577. The number of fused-ring (bicyclic) bond motifs is 3. The first-order valence-corrected chi connectivity index (χ1v) is 9.11. The Bertz CT molecular complexity index is 982. The lowest BCUT2D eigenvalue weighted by Gasteiger charge is -2.36. The Kier molecular flexibility index (Phi) is 3.98. The van der Waals surface area contributed by atoms with E-state index in [-0.39, 0.29) is 29.4 Å². The topological polar surface area (TPSA) is 93.7 Å². The summed E-state index contributed by atoms with van der Waals surface area (Å²) in [5.41, 5.74) is -0.275. The molecule has 0 N–H and O–H groups in total. The van der Waals surface area contributed by atoms with Crippen LogP contribution in [0.15, 0.2) is 12.3 Å². The number of amides is 1. The molecule has 2 aromatic rings. The highest BCUT2D eigenvalue weighted by molar-refractivity contribution is 5.98. The van der Waals surface area contributed by atoms with Crippen LogP contribution in [-0.4, -0.2) is 56.5 Å². The fraction of sp³-hybridized carbons (Fsp3) is 0.556. The van der Waals surface area contributed by atoms with Gasteiger partial charge in [-0.2, -0.15) is 5.10 Å². The average molecular weight is 391 g/mol. The maximum absolute atomic E-state index is 14.4. The van der Waals surface area contributed by atoms with E-state index in [4.69, 9.17) is 4.74 Å². The highest BCUT2D eigenvalue weighted by Gasteiger charge is 2.48. The summed E-state index contributed by atoms with van der Waals surface area (Å²) in [6.07, 6.45) is 1.77. The Morgan fingerprint density at radius 3 is 2.64 bits per heavy atom. The highest BCUT2D eigenvalue weighted by atomic mass is 19.1. The number of nitro groups is 1. The number of halogens is 1. The van der Waals surface area contributed by atoms with Crippen molar-refractivity contribution in [1.82, 2.24) is 14.7 Å². The molecule has 3 heterocycles. The molecule has 28 heavy (non-hydrogen) atoms. The molecule has 2 saturated heterocycles. The van der Waals surface area contributed by atoms with Crippen LogP contribution in [0.4, 0.5) is 20.6 Å². The second kappa shape index (κ2) is 6.05. The third kappa shape index (κ3) is 2.83. The average Bonchev–Trinajstić information content (AvgIpc) is 3.27. The van der Waals surface area contributed by atoms with Crippen LogP contribution < -0.4 is 4.90 Å². The predicted molar refractivity (Wildman–Crippen MR) is 99.8 cm³/mol. The molecule has 1 aromatic heterocycles. The summed E-state index contributed by atoms with van der Waals surface area (Å²) < 4.78 is 21.3. The number of aryl methyl sites for hydroxylation is 1. The molecule has 1 amide bonds. The third-order valence-corrected chi connectivity index (χ3v) is 5.28. The maximum Gasteiger partial charge on any atom is 0.410 e. The lowest BCUT2D eigenvalue weighted by Crippen LogP contribution is -2.50. The number of ether oxygens (including phenoxy) is 1. The highest BCUT2D eigenvalue weighted by Crippen LogP contribution is 2.44. The molecule has 4 rings (SSSR count). The fourth-order valence-corrected chi connectivity index (χ4v) is 4.21. The number of piperazine rings is 1. The van der Waals surface area contributed by atoms with E-state index >= 15 is 0 Å². The van der Waals surface area contributed by atoms with Gasteiger partial charge in [0.05, 0.1) is 28.6 Å². The number of carbonyl (C=O) groups excluding carboxylic acids is 1. The van der Waals surface area contributed by atoms with Gasteiger partial charge in [-0.05, 0) is 27.2 Å². The van der Waals surface area contributed by atoms with Crippen LogP contribution in [-0.2, 0) is 11.8 Å². The first-order chi connectivity index (χ1) is 13.1. The van der Waals surface area contributed by atoms with Gasteiger partial charge in [0.2, 0.25) is 0 Å². The molecule has 0 unspecified atom stereocenters. The van der Waals surface area contributed by atoms with Gasteiger partial charge in [0, 0.05) is 26.2 Å². The van der Waals surface area contributed by atoms with Crippen LogP contribution >= 0.6 is 0 Å². The summed E-state index contributed by atoms with van der Waals surface area (Å²) in [5, 5.41) is 16.1. The standard InChI is InChI=1S/C18H22FN5O4/c1-18(2,3)28-17(25)23-9-10-5-11(23)8-22(10)16-12-7-20-21(4)15(12)13(19)6-14(16)24(26)27/h6-7,10-11H,5,8-9H2,1-4H3/t10-,11-/m0/s1. The third-order valence-electron chi connectivity index (χ3n) is 5.28. The Morgan fingerprint density at radius 2 is 2.07 bits per heavy atom. The second-order valence-corrected chi connectivity index (χ2v) is 8.34. The lowest BCUT2D eigenvalue weighted by atomic mass is 10.1. The van der Waals surface area contributed by atoms with Gasteiger partial charge in [0.1, 0.15) is 16.8 Å². The number of hydrogen-bond donors (Lipinski definition) is 0. The number of benzene rings is 1. The zero-order valence-electron chi connectivity index (χ0n) is 16.2. The Morgan fingerprint density at radius 1 is 1.36 bits per heavy atom. The molecule has 150 valence electrons. The summed E-state index contributed by atoms with van der Waals surface area (Å²) in [7, 11) is 1.60. The molecule has 2 bridgehead atoms. The Labute approximate surface area is 160 Å². The predicted octanol–water partition coefficient (Wildman–Crippen LogP) is 2.82. The molecule has 2 aliphatic heterocycles. The Hall–Kier alpha value is -2.91. The molecule has 0 aliphatic carbocycles. The SMILES string of the molecule is Cn1ncc2c(N3C[C@@H]4C[C@H]3CN4C(=O)OC(C)(C)C)c([N+](=O)[O-])cc(F)c21. The van der Waals surface area contributed by atoms with Crippen molar-refractivity contribution >= 4 is 28.4 Å². The second-order valence-electron chi connectivity index (χ2n) is 8.34. The van der Waals surface area contributed by atoms with Crippen LogP contribution in [0.5, 0.6) is 0 Å². The molecule has 9 nitrogen and oxygen atoms in total. The van der Waals surface area contributed by atoms with E-state index in [1.54, 1.807) is 11.9 Å². The van der Waals surface area contributed by atoms with E-state index in [0.29, 0.717) is 30.6 Å². The van der Waals surface area contributed by atoms with Crippen molar-refractivity contribution in [1.29, 1.82) is 0 Å². The molecule has 2 aliphatic rings. The molecule has 10 heteroatoms. The number of likely N-dealkylation sites (tertiary alicyclic amines) is 1. The van der Waals surface area contributed by atoms with Gasteiger partial charge in [0.25, 0.3) is 5.69 Å². The number of aromatic nitrogens is 2. The van der Waals surface area contributed by atoms with Crippen LogP contribution in [0, 0.1) is 15.9 Å². The van der Waals surface area contributed by atoms with Crippen molar-refractivity contribution in [2.45, 2.75) is 44.9 Å². The molecular weight excluding hydrogens is 369 g/mol. The molecular formula is C18H22FN5O4. The number of hydrogen-bond acceptors (Lipinski definition) is 6. The van der Waals surface area contributed by atoms with E-state index in [2.05, 4.69) is 5.10 Å². The zero-order chi connectivity index (χ0) is 20.4. The number of anilines is 1. The van der Waals surface area contributed by atoms with Gasteiger partial charge < -0.3 is 14.5 Å². The molecule has 2 atom stereocenters. The number of nitrogens with zero attached hydrogens (tertiary/aromatic N) is 5. The minimum absolute atomic E-state index is 0.0925. The van der Waals surface area contributed by atoms with Crippen molar-refractivity contribution in [3.05, 3.63) is 28.2 Å². The molecule has 0 radical (unpaired) electrons. The van der Waals surface area contributed by atoms with Crippen LogP contribution in [0.3, 0.4) is 0 Å². The molecule has 0 spiro atoms. The van der Waals surface area contributed by atoms with Gasteiger partial charge in [-0.25, -0.2) is 9.18 Å². The summed E-state index contributed by atoms with van der Waals surface area (Å²) in [5.74, 6) is -0.676. The first kappa shape index (κ1) is 18.5. The van der Waals surface area contributed by atoms with Crippen molar-refractivity contribution in [2.75, 3.05) is 18.0 Å². The summed E-state index contributed by atoms with van der Waals surface area (Å²) >= 11 is 0. The summed E-state index contributed by atoms with van der Waals surface area (Å²) in [6, 6.07) is 0.762. The van der Waals surface area contributed by atoms with E-state index < -0.39 is 16.3 Å². The minimum atomic E-state index is -0.676. The monoisotopic (exact) mass is 391 g/mol. The largest absolute Gasteiger partial charge is 0.444 e. The van der Waals surface area contributed by atoms with Gasteiger partial charge in [-0.3, -0.25) is 14.8 Å². The van der Waals surface area contributed by atoms with E-state index in [1.807, 2.05) is 25.7 Å². The van der Waals surface area contributed by atoms with E-state index in [1.165, 1.54) is 10.9 Å². The van der Waals surface area contributed by atoms with Crippen molar-refractivity contribution < 1.29 is 18.8 Å². The maximum atomic E-state index is 14.4. The first-order valence-electron chi connectivity index (χ1n) is 9.11. The van der Waals surface area contributed by atoms with Crippen LogP contribution in [0.2, 0.25) is 0 Å². The summed E-state index contributed by atoms with van der Waals surface area (Å²) in [6.45, 7) is 6.28. The Balaban J connectivity index is 1.69. The molecule has 2 fully saturated rings. The van der Waals surface area contributed by atoms with Gasteiger partial charge >= 0.3 is 6.09 Å². The van der Waals surface area contributed by atoms with Gasteiger partial charge in [-0.15, -0.1) is 0 Å². The lowest BCUT2D eigenvalue weighted by molar-refractivity contribution is -0.384. The summed E-state index contributed by atoms with van der Waals surface area (Å²) in [4.78, 5) is 27.1. The van der Waals surface area contributed by atoms with E-state index in [0.717, 1.165) is 6.07 Å². The van der Waals surface area contributed by atoms with Crippen molar-refractivity contribution in [3.63, 3.8) is 0 Å². The number of nitro benzene ring substituents is 1.